The average Bonchev–Trinajstić information content (AvgIpc) is 2.35. The Kier molecular flexibility index (Phi) is 5.23. The molecule has 1 rings (SSSR count). The molecule has 1 aromatic carbocycles. The van der Waals surface area contributed by atoms with Gasteiger partial charge in [-0.15, -0.1) is 0 Å². The zero-order valence-corrected chi connectivity index (χ0v) is 11.5. The standard InChI is InChI=1S/C14H18ClNO/c1-5-10(2)13(9-16-3)12-7-6-11(17-4)8-14(12)15/h6-9H,5H2,1-4H3/b13-10-,16-9?. The van der Waals surface area contributed by atoms with E-state index >= 15 is 0 Å². The summed E-state index contributed by atoms with van der Waals surface area (Å²) in [6.07, 6.45) is 2.83. The lowest BCUT2D eigenvalue weighted by atomic mass is 10.00. The number of halogens is 1. The van der Waals surface area contributed by atoms with Gasteiger partial charge in [0, 0.05) is 18.8 Å². The normalized spacial score (nSPS) is 12.8. The van der Waals surface area contributed by atoms with Crippen LogP contribution < -0.4 is 4.74 Å². The molecule has 0 N–H and O–H groups in total. The van der Waals surface area contributed by atoms with Gasteiger partial charge in [-0.1, -0.05) is 24.1 Å². The smallest absolute Gasteiger partial charge is 0.120 e. The van der Waals surface area contributed by atoms with Crippen LogP contribution in [-0.4, -0.2) is 20.4 Å². The van der Waals surface area contributed by atoms with Crippen LogP contribution in [0.1, 0.15) is 25.8 Å². The van der Waals surface area contributed by atoms with Crippen molar-refractivity contribution in [1.29, 1.82) is 0 Å². The van der Waals surface area contributed by atoms with Crippen molar-refractivity contribution in [2.24, 2.45) is 4.99 Å². The van der Waals surface area contributed by atoms with Crippen LogP contribution in [0, 0.1) is 0 Å². The second-order valence-corrected chi connectivity index (χ2v) is 4.19. The molecule has 0 unspecified atom stereocenters. The maximum absolute atomic E-state index is 6.26. The fourth-order valence-corrected chi connectivity index (χ4v) is 1.84. The molecular weight excluding hydrogens is 234 g/mol. The Morgan fingerprint density at radius 1 is 1.47 bits per heavy atom. The van der Waals surface area contributed by atoms with E-state index in [4.69, 9.17) is 16.3 Å². The second-order valence-electron chi connectivity index (χ2n) is 3.78. The van der Waals surface area contributed by atoms with Crippen LogP contribution in [0.4, 0.5) is 0 Å². The molecule has 1 aromatic rings. The largest absolute Gasteiger partial charge is 0.497 e. The van der Waals surface area contributed by atoms with Gasteiger partial charge in [0.25, 0.3) is 0 Å². The summed E-state index contributed by atoms with van der Waals surface area (Å²) < 4.78 is 5.14. The van der Waals surface area contributed by atoms with E-state index in [9.17, 15) is 0 Å². The number of allylic oxidation sites excluding steroid dienone is 2. The molecule has 2 nitrogen and oxygen atoms in total. The van der Waals surface area contributed by atoms with Gasteiger partial charge in [-0.3, -0.25) is 4.99 Å². The highest BCUT2D eigenvalue weighted by molar-refractivity contribution is 6.34. The first-order chi connectivity index (χ1) is 8.13. The average molecular weight is 252 g/mol. The Morgan fingerprint density at radius 3 is 2.65 bits per heavy atom. The van der Waals surface area contributed by atoms with Gasteiger partial charge in [-0.2, -0.15) is 0 Å². The third kappa shape index (κ3) is 3.34. The minimum atomic E-state index is 0.687. The minimum absolute atomic E-state index is 0.687. The van der Waals surface area contributed by atoms with Gasteiger partial charge in [0.1, 0.15) is 5.75 Å². The van der Waals surface area contributed by atoms with Gasteiger partial charge in [0.15, 0.2) is 0 Å². The molecule has 0 fully saturated rings. The molecule has 92 valence electrons. The molecule has 0 heterocycles. The molecule has 0 amide bonds. The summed E-state index contributed by atoms with van der Waals surface area (Å²) in [6, 6.07) is 5.70. The topological polar surface area (TPSA) is 21.6 Å². The first kappa shape index (κ1) is 13.8. The number of ether oxygens (including phenoxy) is 1. The molecule has 17 heavy (non-hydrogen) atoms. The van der Waals surface area contributed by atoms with Crippen molar-refractivity contribution in [3.8, 4) is 5.75 Å². The summed E-state index contributed by atoms with van der Waals surface area (Å²) in [6.45, 7) is 4.22. The number of rotatable bonds is 4. The van der Waals surface area contributed by atoms with Gasteiger partial charge in [-0.05, 0) is 37.1 Å². The Balaban J connectivity index is 3.30. The number of aliphatic imine (C=N–C) groups is 1. The lowest BCUT2D eigenvalue weighted by molar-refractivity contribution is 0.415. The zero-order chi connectivity index (χ0) is 12.8. The molecule has 0 aromatic heterocycles. The molecule has 0 atom stereocenters. The summed E-state index contributed by atoms with van der Waals surface area (Å²) in [5.74, 6) is 0.765. The predicted octanol–water partition coefficient (Wildman–Crippen LogP) is 4.23. The highest BCUT2D eigenvalue weighted by atomic mass is 35.5. The van der Waals surface area contributed by atoms with Crippen LogP contribution in [0.2, 0.25) is 5.02 Å². The number of benzene rings is 1. The molecule has 3 heteroatoms. The number of methoxy groups -OCH3 is 1. The van der Waals surface area contributed by atoms with Crippen molar-refractivity contribution >= 4 is 23.4 Å². The summed E-state index contributed by atoms with van der Waals surface area (Å²) in [7, 11) is 3.40. The minimum Gasteiger partial charge on any atom is -0.497 e. The van der Waals surface area contributed by atoms with Crippen LogP contribution >= 0.6 is 11.6 Å². The first-order valence-corrected chi connectivity index (χ1v) is 5.97. The summed E-state index contributed by atoms with van der Waals surface area (Å²) in [5.41, 5.74) is 3.35. The van der Waals surface area contributed by atoms with Gasteiger partial charge < -0.3 is 4.74 Å². The monoisotopic (exact) mass is 251 g/mol. The maximum atomic E-state index is 6.26. The van der Waals surface area contributed by atoms with Crippen molar-refractivity contribution < 1.29 is 4.74 Å². The van der Waals surface area contributed by atoms with Crippen LogP contribution in [0.15, 0.2) is 28.8 Å². The Hall–Kier alpha value is -1.28. The highest BCUT2D eigenvalue weighted by Crippen LogP contribution is 2.29. The molecule has 0 bridgehead atoms. The van der Waals surface area contributed by atoms with Crippen LogP contribution in [0.3, 0.4) is 0 Å². The lowest BCUT2D eigenvalue weighted by Crippen LogP contribution is -1.93. The summed E-state index contributed by atoms with van der Waals surface area (Å²) in [5, 5.41) is 0.687. The van der Waals surface area contributed by atoms with Crippen molar-refractivity contribution in [3.63, 3.8) is 0 Å². The third-order valence-corrected chi connectivity index (χ3v) is 3.03. The molecule has 0 aliphatic heterocycles. The molecule has 0 saturated carbocycles. The predicted molar refractivity (Wildman–Crippen MR) is 75.3 cm³/mol. The fraction of sp³-hybridized carbons (Fsp3) is 0.357. The van der Waals surface area contributed by atoms with E-state index in [1.54, 1.807) is 14.2 Å². The van der Waals surface area contributed by atoms with Crippen molar-refractivity contribution in [3.05, 3.63) is 34.4 Å². The van der Waals surface area contributed by atoms with E-state index in [1.807, 2.05) is 24.4 Å². The van der Waals surface area contributed by atoms with E-state index in [-0.39, 0.29) is 0 Å². The van der Waals surface area contributed by atoms with E-state index in [0.717, 1.165) is 23.3 Å². The molecule has 0 spiro atoms. The maximum Gasteiger partial charge on any atom is 0.120 e. The van der Waals surface area contributed by atoms with Crippen molar-refractivity contribution in [2.75, 3.05) is 14.2 Å². The van der Waals surface area contributed by atoms with Gasteiger partial charge >= 0.3 is 0 Å². The van der Waals surface area contributed by atoms with E-state index in [2.05, 4.69) is 18.8 Å². The molecule has 0 aliphatic rings. The second kappa shape index (κ2) is 6.45. The highest BCUT2D eigenvalue weighted by Gasteiger charge is 2.08. The van der Waals surface area contributed by atoms with E-state index in [0.29, 0.717) is 5.02 Å². The van der Waals surface area contributed by atoms with E-state index < -0.39 is 0 Å². The van der Waals surface area contributed by atoms with Gasteiger partial charge in [-0.25, -0.2) is 0 Å². The van der Waals surface area contributed by atoms with Gasteiger partial charge in [0.2, 0.25) is 0 Å². The van der Waals surface area contributed by atoms with Crippen LogP contribution in [-0.2, 0) is 0 Å². The summed E-state index contributed by atoms with van der Waals surface area (Å²) in [4.78, 5) is 4.09. The third-order valence-electron chi connectivity index (χ3n) is 2.71. The van der Waals surface area contributed by atoms with Crippen molar-refractivity contribution in [1.82, 2.24) is 0 Å². The number of hydrogen-bond donors (Lipinski definition) is 0. The molecule has 0 radical (unpaired) electrons. The van der Waals surface area contributed by atoms with Crippen LogP contribution in [0.5, 0.6) is 5.75 Å². The molecular formula is C14H18ClNO. The Labute approximate surface area is 108 Å². The molecule has 0 saturated heterocycles. The molecule has 0 aliphatic carbocycles. The lowest BCUT2D eigenvalue weighted by Gasteiger charge is -2.10. The zero-order valence-electron chi connectivity index (χ0n) is 10.7. The Bertz CT molecular complexity index is 450. The van der Waals surface area contributed by atoms with Crippen molar-refractivity contribution in [2.45, 2.75) is 20.3 Å². The van der Waals surface area contributed by atoms with E-state index in [1.165, 1.54) is 5.57 Å². The first-order valence-electron chi connectivity index (χ1n) is 5.59. The Morgan fingerprint density at radius 2 is 2.18 bits per heavy atom. The van der Waals surface area contributed by atoms with Crippen LogP contribution in [0.25, 0.3) is 5.57 Å². The summed E-state index contributed by atoms with van der Waals surface area (Å²) >= 11 is 6.26. The number of hydrogen-bond acceptors (Lipinski definition) is 2. The fourth-order valence-electron chi connectivity index (χ4n) is 1.57. The SMILES string of the molecule is CC/C(C)=C(/C=NC)c1ccc(OC)cc1Cl. The van der Waals surface area contributed by atoms with Gasteiger partial charge in [0.05, 0.1) is 12.1 Å². The quantitative estimate of drug-likeness (QED) is 0.734. The number of nitrogens with zero attached hydrogens (tertiary/aromatic N) is 1.